The minimum Gasteiger partial charge on any atom is -0.598 e. The van der Waals surface area contributed by atoms with Gasteiger partial charge in [-0.25, -0.2) is 4.79 Å². The number of hydrogen-bond donors (Lipinski definition) is 2. The minimum absolute atomic E-state index is 0.0411. The average molecular weight is 424 g/mol. The Bertz CT molecular complexity index is 663. The zero-order valence-electron chi connectivity index (χ0n) is 15.1. The van der Waals surface area contributed by atoms with Crippen LogP contribution in [0.25, 0.3) is 0 Å². The Labute approximate surface area is 166 Å². The molecule has 1 aromatic carbocycles. The molecule has 6 nitrogen and oxygen atoms in total. The fraction of sp³-hybridized carbons (Fsp3) is 0.471. The molecular formula is C17H23Cl2NO5S. The fourth-order valence-electron chi connectivity index (χ4n) is 1.96. The second-order valence-corrected chi connectivity index (χ2v) is 9.27. The Morgan fingerprint density at radius 3 is 2.54 bits per heavy atom. The van der Waals surface area contributed by atoms with Crippen molar-refractivity contribution in [1.82, 2.24) is 4.72 Å². The zero-order valence-corrected chi connectivity index (χ0v) is 17.4. The SMILES string of the molecule is C=C(CC(N[S@@+]([O-])C(C)(C)C)c1c(OCOC)ccc(Cl)c1Cl)C(=O)O. The van der Waals surface area contributed by atoms with Gasteiger partial charge in [-0.3, -0.25) is 0 Å². The molecule has 0 saturated carbocycles. The van der Waals surface area contributed by atoms with E-state index < -0.39 is 28.1 Å². The summed E-state index contributed by atoms with van der Waals surface area (Å²) in [6.45, 7) is 8.89. The Morgan fingerprint density at radius 1 is 1.42 bits per heavy atom. The Hall–Kier alpha value is -0.960. The minimum atomic E-state index is -1.50. The summed E-state index contributed by atoms with van der Waals surface area (Å²) in [6.07, 6.45) is -0.0411. The van der Waals surface area contributed by atoms with Crippen molar-refractivity contribution in [3.8, 4) is 5.75 Å². The molecule has 0 bridgehead atoms. The number of aliphatic carboxylic acids is 1. The second kappa shape index (κ2) is 9.82. The molecule has 0 aliphatic rings. The molecule has 1 rings (SSSR count). The van der Waals surface area contributed by atoms with Gasteiger partial charge in [0.2, 0.25) is 0 Å². The average Bonchev–Trinajstić information content (AvgIpc) is 2.54. The number of hydrogen-bond acceptors (Lipinski definition) is 5. The molecular weight excluding hydrogens is 401 g/mol. The number of carboxylic acids is 1. The summed E-state index contributed by atoms with van der Waals surface area (Å²) < 4.78 is 25.4. The number of rotatable bonds is 9. The third kappa shape index (κ3) is 6.33. The van der Waals surface area contributed by atoms with Crippen molar-refractivity contribution in [2.24, 2.45) is 0 Å². The largest absolute Gasteiger partial charge is 0.598 e. The molecule has 0 fully saturated rings. The van der Waals surface area contributed by atoms with Gasteiger partial charge in [-0.2, -0.15) is 0 Å². The molecule has 26 heavy (non-hydrogen) atoms. The van der Waals surface area contributed by atoms with E-state index in [1.807, 2.05) is 0 Å². The standard InChI is InChI=1S/C17H23Cl2NO5S/c1-10(16(21)22)8-12(20-26(23)17(2,3)4)14-13(25-9-24-5)7-6-11(18)15(14)19/h6-7,12,20H,1,8-9H2,2-5H3,(H,21,22)/t12?,26-/m0/s1. The maximum Gasteiger partial charge on any atom is 0.331 e. The number of carbonyl (C=O) groups is 1. The molecule has 9 heteroatoms. The zero-order chi connectivity index (χ0) is 20.1. The molecule has 0 radical (unpaired) electrons. The third-order valence-electron chi connectivity index (χ3n) is 3.33. The topological polar surface area (TPSA) is 90.9 Å². The summed E-state index contributed by atoms with van der Waals surface area (Å²) >= 11 is 11.0. The highest BCUT2D eigenvalue weighted by molar-refractivity contribution is 7.90. The van der Waals surface area contributed by atoms with Crippen molar-refractivity contribution in [1.29, 1.82) is 0 Å². The van der Waals surface area contributed by atoms with Crippen LogP contribution < -0.4 is 9.46 Å². The highest BCUT2D eigenvalue weighted by Gasteiger charge is 2.33. The van der Waals surface area contributed by atoms with Gasteiger partial charge in [0.15, 0.2) is 6.79 Å². The van der Waals surface area contributed by atoms with E-state index in [2.05, 4.69) is 11.3 Å². The lowest BCUT2D eigenvalue weighted by Gasteiger charge is -2.29. The van der Waals surface area contributed by atoms with Crippen LogP contribution in [0.2, 0.25) is 10.0 Å². The van der Waals surface area contributed by atoms with Crippen LogP contribution in [0.4, 0.5) is 0 Å². The molecule has 0 amide bonds. The molecule has 0 aliphatic carbocycles. The first-order chi connectivity index (χ1) is 12.0. The smallest absolute Gasteiger partial charge is 0.331 e. The lowest BCUT2D eigenvalue weighted by Crippen LogP contribution is -2.41. The van der Waals surface area contributed by atoms with Gasteiger partial charge in [0.1, 0.15) is 10.5 Å². The van der Waals surface area contributed by atoms with E-state index in [0.717, 1.165) is 0 Å². The molecule has 0 saturated heterocycles. The summed E-state index contributed by atoms with van der Waals surface area (Å²) in [6, 6.07) is 2.42. The number of carboxylic acid groups (broad SMARTS) is 1. The van der Waals surface area contributed by atoms with Crippen LogP contribution in [-0.4, -0.2) is 34.3 Å². The lowest BCUT2D eigenvalue weighted by atomic mass is 9.99. The maximum absolute atomic E-state index is 12.6. The van der Waals surface area contributed by atoms with Crippen molar-refractivity contribution in [2.45, 2.75) is 38.0 Å². The van der Waals surface area contributed by atoms with Gasteiger partial charge in [0.05, 0.1) is 16.1 Å². The van der Waals surface area contributed by atoms with Gasteiger partial charge in [-0.05, 0) is 32.9 Å². The first-order valence-corrected chi connectivity index (χ1v) is 9.58. The summed E-state index contributed by atoms with van der Waals surface area (Å²) in [5.41, 5.74) is 0.332. The maximum atomic E-state index is 12.6. The van der Waals surface area contributed by atoms with Crippen LogP contribution in [0.5, 0.6) is 5.75 Å². The van der Waals surface area contributed by atoms with Crippen molar-refractivity contribution in [2.75, 3.05) is 13.9 Å². The molecule has 1 unspecified atom stereocenters. The quantitative estimate of drug-likeness (QED) is 0.352. The highest BCUT2D eigenvalue weighted by atomic mass is 35.5. The van der Waals surface area contributed by atoms with E-state index in [0.29, 0.717) is 11.3 Å². The number of ether oxygens (including phenoxy) is 2. The van der Waals surface area contributed by atoms with E-state index >= 15 is 0 Å². The normalized spacial score (nSPS) is 14.0. The summed E-state index contributed by atoms with van der Waals surface area (Å²) in [5, 5.41) is 9.64. The summed E-state index contributed by atoms with van der Waals surface area (Å²) in [7, 11) is 1.47. The highest BCUT2D eigenvalue weighted by Crippen LogP contribution is 2.40. The van der Waals surface area contributed by atoms with Gasteiger partial charge in [0.25, 0.3) is 0 Å². The molecule has 2 N–H and O–H groups in total. The van der Waals surface area contributed by atoms with E-state index in [-0.39, 0.29) is 28.8 Å². The van der Waals surface area contributed by atoms with Gasteiger partial charge in [-0.1, -0.05) is 29.8 Å². The fourth-order valence-corrected chi connectivity index (χ4v) is 3.23. The van der Waals surface area contributed by atoms with E-state index in [4.69, 9.17) is 32.7 Å². The van der Waals surface area contributed by atoms with E-state index in [1.54, 1.807) is 32.9 Å². The molecule has 1 aromatic rings. The Balaban J connectivity index is 3.37. The third-order valence-corrected chi connectivity index (χ3v) is 5.76. The number of methoxy groups -OCH3 is 1. The van der Waals surface area contributed by atoms with Crippen LogP contribution in [0.15, 0.2) is 24.3 Å². The Kier molecular flexibility index (Phi) is 8.72. The van der Waals surface area contributed by atoms with Crippen LogP contribution in [0, 0.1) is 0 Å². The predicted octanol–water partition coefficient (Wildman–Crippen LogP) is 4.10. The molecule has 0 aliphatic heterocycles. The van der Waals surface area contributed by atoms with Crippen LogP contribution in [-0.2, 0) is 20.9 Å². The van der Waals surface area contributed by atoms with Crippen LogP contribution in [0.3, 0.4) is 0 Å². The Morgan fingerprint density at radius 2 is 2.04 bits per heavy atom. The number of nitrogens with one attached hydrogen (secondary N) is 1. The molecule has 0 heterocycles. The van der Waals surface area contributed by atoms with Crippen molar-refractivity contribution in [3.63, 3.8) is 0 Å². The van der Waals surface area contributed by atoms with Gasteiger partial charge in [0, 0.05) is 36.0 Å². The number of benzene rings is 1. The van der Waals surface area contributed by atoms with Crippen molar-refractivity contribution < 1.29 is 23.9 Å². The van der Waals surface area contributed by atoms with Gasteiger partial charge in [-0.15, -0.1) is 4.72 Å². The first kappa shape index (κ1) is 23.1. The predicted molar refractivity (Wildman–Crippen MR) is 104 cm³/mol. The molecule has 0 aromatic heterocycles. The summed E-state index contributed by atoms with van der Waals surface area (Å²) in [5.74, 6) is -0.807. The van der Waals surface area contributed by atoms with Crippen molar-refractivity contribution >= 4 is 40.5 Å². The molecule has 146 valence electrons. The van der Waals surface area contributed by atoms with E-state index in [9.17, 15) is 14.5 Å². The monoisotopic (exact) mass is 423 g/mol. The van der Waals surface area contributed by atoms with Crippen molar-refractivity contribution in [3.05, 3.63) is 39.9 Å². The van der Waals surface area contributed by atoms with Gasteiger partial charge < -0.3 is 19.1 Å². The molecule has 2 atom stereocenters. The van der Waals surface area contributed by atoms with Gasteiger partial charge >= 0.3 is 5.97 Å². The first-order valence-electron chi connectivity index (χ1n) is 7.67. The summed E-state index contributed by atoms with van der Waals surface area (Å²) in [4.78, 5) is 11.2. The lowest BCUT2D eigenvalue weighted by molar-refractivity contribution is -0.132. The number of halogens is 2. The molecule has 0 spiro atoms. The van der Waals surface area contributed by atoms with E-state index in [1.165, 1.54) is 7.11 Å². The van der Waals surface area contributed by atoms with Crippen LogP contribution >= 0.6 is 23.2 Å². The van der Waals surface area contributed by atoms with Crippen LogP contribution in [0.1, 0.15) is 38.8 Å². The second-order valence-electron chi connectivity index (χ2n) is 6.49.